The predicted molar refractivity (Wildman–Crippen MR) is 37.4 cm³/mol. The van der Waals surface area contributed by atoms with E-state index in [1.165, 1.54) is 0 Å². The Hall–Kier alpha value is -0.260. The van der Waals surface area contributed by atoms with Crippen molar-refractivity contribution in [1.29, 1.82) is 0 Å². The Morgan fingerprint density at radius 1 is 1.67 bits per heavy atom. The zero-order chi connectivity index (χ0) is 6.04. The lowest BCUT2D eigenvalue weighted by Crippen LogP contribution is -2.55. The van der Waals surface area contributed by atoms with Crippen LogP contribution < -0.4 is 5.32 Å². The Kier molecular flexibility index (Phi) is 2.96. The number of alkyl halides is 1. The molecule has 0 bridgehead atoms. The third-order valence-electron chi connectivity index (χ3n) is 1.30. The molecule has 3 heteroatoms. The molecule has 0 aromatic heterocycles. The van der Waals surface area contributed by atoms with Crippen LogP contribution in [0.3, 0.4) is 0 Å². The number of rotatable bonds is 1. The normalized spacial score (nSPS) is 20.9. The van der Waals surface area contributed by atoms with Gasteiger partial charge in [-0.2, -0.15) is 0 Å². The number of hydrogen-bond donors (Lipinski definition) is 1. The average Bonchev–Trinajstić information content (AvgIpc) is 1.64. The summed E-state index contributed by atoms with van der Waals surface area (Å²) in [5, 5.41) is 2.82. The third-order valence-corrected chi connectivity index (χ3v) is 1.30. The lowest BCUT2D eigenvalue weighted by molar-refractivity contribution is 0.0969. The SMILES string of the molecule is C#CCC1(F)CNC1.Cl. The molecule has 0 saturated carbocycles. The third kappa shape index (κ3) is 1.85. The van der Waals surface area contributed by atoms with E-state index in [2.05, 4.69) is 11.2 Å². The van der Waals surface area contributed by atoms with Gasteiger partial charge in [-0.25, -0.2) is 4.39 Å². The van der Waals surface area contributed by atoms with Crippen molar-refractivity contribution < 1.29 is 4.39 Å². The van der Waals surface area contributed by atoms with E-state index in [1.54, 1.807) is 0 Å². The van der Waals surface area contributed by atoms with Crippen LogP contribution in [0.4, 0.5) is 4.39 Å². The van der Waals surface area contributed by atoms with Gasteiger partial charge < -0.3 is 5.32 Å². The first-order valence-corrected chi connectivity index (χ1v) is 2.60. The molecule has 1 rings (SSSR count). The Morgan fingerprint density at radius 3 is 2.33 bits per heavy atom. The molecule has 52 valence electrons. The highest BCUT2D eigenvalue weighted by molar-refractivity contribution is 5.85. The fourth-order valence-electron chi connectivity index (χ4n) is 0.704. The summed E-state index contributed by atoms with van der Waals surface area (Å²) in [4.78, 5) is 0. The minimum Gasteiger partial charge on any atom is -0.310 e. The van der Waals surface area contributed by atoms with Crippen molar-refractivity contribution in [3.05, 3.63) is 0 Å². The molecule has 0 aliphatic carbocycles. The molecule has 0 aromatic rings. The van der Waals surface area contributed by atoms with Crippen LogP contribution in [-0.4, -0.2) is 18.8 Å². The van der Waals surface area contributed by atoms with Crippen LogP contribution in [0.5, 0.6) is 0 Å². The van der Waals surface area contributed by atoms with E-state index in [0.717, 1.165) is 0 Å². The summed E-state index contributed by atoms with van der Waals surface area (Å²) in [6.45, 7) is 0.856. The lowest BCUT2D eigenvalue weighted by Gasteiger charge is -2.33. The number of hydrogen-bond acceptors (Lipinski definition) is 1. The zero-order valence-electron chi connectivity index (χ0n) is 4.98. The fourth-order valence-corrected chi connectivity index (χ4v) is 0.704. The van der Waals surface area contributed by atoms with Gasteiger partial charge in [-0.1, -0.05) is 0 Å². The Labute approximate surface area is 60.4 Å². The van der Waals surface area contributed by atoms with Gasteiger partial charge in [0.05, 0.1) is 0 Å². The zero-order valence-corrected chi connectivity index (χ0v) is 5.80. The van der Waals surface area contributed by atoms with Crippen molar-refractivity contribution in [1.82, 2.24) is 5.32 Å². The monoisotopic (exact) mass is 149 g/mol. The quantitative estimate of drug-likeness (QED) is 0.543. The standard InChI is InChI=1S/C6H8FN.ClH/c1-2-3-6(7)4-8-5-6;/h1,8H,3-5H2;1H. The Balaban J connectivity index is 0.000000640. The van der Waals surface area contributed by atoms with Gasteiger partial charge in [-0.15, -0.1) is 24.8 Å². The van der Waals surface area contributed by atoms with Crippen LogP contribution in [0.2, 0.25) is 0 Å². The van der Waals surface area contributed by atoms with Gasteiger partial charge in [0.1, 0.15) is 5.67 Å². The summed E-state index contributed by atoms with van der Waals surface area (Å²) in [7, 11) is 0. The van der Waals surface area contributed by atoms with Crippen LogP contribution in [0.15, 0.2) is 0 Å². The van der Waals surface area contributed by atoms with Gasteiger partial charge in [0.2, 0.25) is 0 Å². The highest BCUT2D eigenvalue weighted by atomic mass is 35.5. The molecular formula is C6H9ClFN. The summed E-state index contributed by atoms with van der Waals surface area (Å²) in [5.74, 6) is 2.30. The van der Waals surface area contributed by atoms with E-state index in [1.807, 2.05) is 0 Å². The molecule has 1 aliphatic heterocycles. The fraction of sp³-hybridized carbons (Fsp3) is 0.667. The van der Waals surface area contributed by atoms with Gasteiger partial charge in [-0.3, -0.25) is 0 Å². The maximum atomic E-state index is 12.7. The molecule has 1 heterocycles. The summed E-state index contributed by atoms with van der Waals surface area (Å²) in [6.07, 6.45) is 5.16. The lowest BCUT2D eigenvalue weighted by atomic mass is 9.96. The second-order valence-corrected chi connectivity index (χ2v) is 2.14. The minimum absolute atomic E-state index is 0. The molecule has 0 radical (unpaired) electrons. The molecular weight excluding hydrogens is 141 g/mol. The summed E-state index contributed by atoms with van der Waals surface area (Å²) < 4.78 is 12.7. The van der Waals surface area contributed by atoms with Gasteiger partial charge in [0.15, 0.2) is 0 Å². The maximum absolute atomic E-state index is 12.7. The smallest absolute Gasteiger partial charge is 0.146 e. The average molecular weight is 150 g/mol. The van der Waals surface area contributed by atoms with Crippen LogP contribution in [0, 0.1) is 12.3 Å². The number of halogens is 2. The highest BCUT2D eigenvalue weighted by Gasteiger charge is 2.35. The van der Waals surface area contributed by atoms with E-state index in [0.29, 0.717) is 13.1 Å². The van der Waals surface area contributed by atoms with E-state index in [-0.39, 0.29) is 18.8 Å². The molecule has 1 aliphatic rings. The van der Waals surface area contributed by atoms with Gasteiger partial charge >= 0.3 is 0 Å². The molecule has 0 atom stereocenters. The van der Waals surface area contributed by atoms with Crippen LogP contribution >= 0.6 is 12.4 Å². The predicted octanol–water partition coefficient (Wildman–Crippen LogP) is 0.743. The van der Waals surface area contributed by atoms with Crippen molar-refractivity contribution in [3.63, 3.8) is 0 Å². The first-order valence-electron chi connectivity index (χ1n) is 2.60. The molecule has 1 saturated heterocycles. The van der Waals surface area contributed by atoms with E-state index < -0.39 is 5.67 Å². The minimum atomic E-state index is -1.07. The molecule has 9 heavy (non-hydrogen) atoms. The van der Waals surface area contributed by atoms with Crippen molar-refractivity contribution in [2.75, 3.05) is 13.1 Å². The maximum Gasteiger partial charge on any atom is 0.146 e. The number of terminal acetylenes is 1. The molecule has 1 fully saturated rings. The first kappa shape index (κ1) is 8.74. The molecule has 0 amide bonds. The topological polar surface area (TPSA) is 12.0 Å². The largest absolute Gasteiger partial charge is 0.310 e. The van der Waals surface area contributed by atoms with Crippen LogP contribution in [0.25, 0.3) is 0 Å². The van der Waals surface area contributed by atoms with E-state index >= 15 is 0 Å². The molecule has 0 aromatic carbocycles. The first-order chi connectivity index (χ1) is 3.77. The van der Waals surface area contributed by atoms with Crippen molar-refractivity contribution in [2.45, 2.75) is 12.1 Å². The van der Waals surface area contributed by atoms with Gasteiger partial charge in [-0.05, 0) is 0 Å². The van der Waals surface area contributed by atoms with Crippen LogP contribution in [0.1, 0.15) is 6.42 Å². The second-order valence-electron chi connectivity index (χ2n) is 2.14. The van der Waals surface area contributed by atoms with Crippen LogP contribution in [-0.2, 0) is 0 Å². The summed E-state index contributed by atoms with van der Waals surface area (Å²) in [5.41, 5.74) is -1.07. The van der Waals surface area contributed by atoms with Gasteiger partial charge in [0, 0.05) is 19.5 Å². The van der Waals surface area contributed by atoms with Crippen molar-refractivity contribution in [3.8, 4) is 12.3 Å². The van der Waals surface area contributed by atoms with E-state index in [4.69, 9.17) is 6.42 Å². The second kappa shape index (κ2) is 3.05. The Morgan fingerprint density at radius 2 is 2.22 bits per heavy atom. The number of nitrogens with one attached hydrogen (secondary N) is 1. The summed E-state index contributed by atoms with van der Waals surface area (Å²) >= 11 is 0. The molecule has 0 spiro atoms. The molecule has 1 nitrogen and oxygen atoms in total. The van der Waals surface area contributed by atoms with E-state index in [9.17, 15) is 4.39 Å². The molecule has 1 N–H and O–H groups in total. The Bertz CT molecular complexity index is 126. The highest BCUT2D eigenvalue weighted by Crippen LogP contribution is 2.19. The molecule has 0 unspecified atom stereocenters. The van der Waals surface area contributed by atoms with Gasteiger partial charge in [0.25, 0.3) is 0 Å². The van der Waals surface area contributed by atoms with Crippen molar-refractivity contribution >= 4 is 12.4 Å². The summed E-state index contributed by atoms with van der Waals surface area (Å²) in [6, 6.07) is 0. The van der Waals surface area contributed by atoms with Crippen molar-refractivity contribution in [2.24, 2.45) is 0 Å².